The molecule has 4 nitrogen and oxygen atoms in total. The molecule has 0 spiro atoms. The summed E-state index contributed by atoms with van der Waals surface area (Å²) in [4.78, 5) is 0. The van der Waals surface area contributed by atoms with Crippen LogP contribution in [0.3, 0.4) is 0 Å². The lowest BCUT2D eigenvalue weighted by Gasteiger charge is -2.22. The Hall–Kier alpha value is -0.590. The van der Waals surface area contributed by atoms with E-state index in [1.54, 1.807) is 6.07 Å². The number of nitrogens with one attached hydrogen (secondary N) is 2. The van der Waals surface area contributed by atoms with Crippen molar-refractivity contribution < 1.29 is 8.42 Å². The first-order valence-electron chi connectivity index (χ1n) is 6.44. The number of hydrogen-bond acceptors (Lipinski definition) is 3. The molecule has 106 valence electrons. The predicted octanol–water partition coefficient (Wildman–Crippen LogP) is 2.50. The number of anilines is 1. The van der Waals surface area contributed by atoms with Gasteiger partial charge in [-0.3, -0.25) is 4.72 Å². The normalized spacial score (nSPS) is 20.2. The molecule has 1 saturated heterocycles. The molecule has 2 rings (SSSR count). The molecule has 1 aromatic rings. The summed E-state index contributed by atoms with van der Waals surface area (Å²) in [7, 11) is -3.29. The molecule has 0 saturated carbocycles. The van der Waals surface area contributed by atoms with Crippen molar-refractivity contribution in [3.05, 3.63) is 28.2 Å². The molecule has 1 fully saturated rings. The van der Waals surface area contributed by atoms with E-state index in [-0.39, 0.29) is 11.7 Å². The second-order valence-electron chi connectivity index (χ2n) is 5.08. The van der Waals surface area contributed by atoms with Crippen LogP contribution in [0.4, 0.5) is 5.69 Å². The van der Waals surface area contributed by atoms with Gasteiger partial charge in [0.05, 0.1) is 11.4 Å². The Morgan fingerprint density at radius 1 is 1.47 bits per heavy atom. The second kappa shape index (κ2) is 6.24. The quantitative estimate of drug-likeness (QED) is 0.880. The molecule has 0 aromatic heterocycles. The third-order valence-electron chi connectivity index (χ3n) is 3.24. The Kier molecular flexibility index (Phi) is 4.86. The molecule has 1 aliphatic rings. The molecular formula is C13H19BrN2O2S. The molecule has 2 N–H and O–H groups in total. The predicted molar refractivity (Wildman–Crippen MR) is 81.9 cm³/mol. The van der Waals surface area contributed by atoms with Gasteiger partial charge in [-0.1, -0.05) is 6.07 Å². The molecule has 1 aliphatic heterocycles. The van der Waals surface area contributed by atoms with Gasteiger partial charge < -0.3 is 5.32 Å². The lowest BCUT2D eigenvalue weighted by Crippen LogP contribution is -2.35. The van der Waals surface area contributed by atoms with Crippen LogP contribution in [0.2, 0.25) is 0 Å². The van der Waals surface area contributed by atoms with E-state index >= 15 is 0 Å². The van der Waals surface area contributed by atoms with Gasteiger partial charge in [-0.05, 0) is 72.4 Å². The molecule has 0 amide bonds. The summed E-state index contributed by atoms with van der Waals surface area (Å²) in [6.07, 6.45) is 2.03. The van der Waals surface area contributed by atoms with Crippen LogP contribution in [0, 0.1) is 12.8 Å². The largest absolute Gasteiger partial charge is 0.316 e. The highest BCUT2D eigenvalue weighted by Crippen LogP contribution is 2.25. The highest BCUT2D eigenvalue weighted by molar-refractivity contribution is 9.10. The monoisotopic (exact) mass is 346 g/mol. The van der Waals surface area contributed by atoms with E-state index in [9.17, 15) is 8.42 Å². The summed E-state index contributed by atoms with van der Waals surface area (Å²) in [6, 6.07) is 5.58. The average Bonchev–Trinajstić information content (AvgIpc) is 2.33. The standard InChI is InChI=1S/C13H19BrN2O2S/c1-10-4-5-13(12(14)7-10)16-19(17,18)9-11-3-2-6-15-8-11/h4-5,7,11,15-16H,2-3,6,8-9H2,1H3. The van der Waals surface area contributed by atoms with Crippen molar-refractivity contribution in [3.8, 4) is 0 Å². The highest BCUT2D eigenvalue weighted by Gasteiger charge is 2.21. The molecule has 1 atom stereocenters. The maximum Gasteiger partial charge on any atom is 0.233 e. The Morgan fingerprint density at radius 2 is 2.26 bits per heavy atom. The van der Waals surface area contributed by atoms with Crippen molar-refractivity contribution in [2.75, 3.05) is 23.6 Å². The summed E-state index contributed by atoms with van der Waals surface area (Å²) >= 11 is 3.39. The van der Waals surface area contributed by atoms with Crippen molar-refractivity contribution >= 4 is 31.6 Å². The maximum absolute atomic E-state index is 12.1. The molecule has 0 bridgehead atoms. The fourth-order valence-electron chi connectivity index (χ4n) is 2.29. The first-order valence-corrected chi connectivity index (χ1v) is 8.88. The molecule has 0 aliphatic carbocycles. The fourth-order valence-corrected chi connectivity index (χ4v) is 4.51. The third kappa shape index (κ3) is 4.47. The van der Waals surface area contributed by atoms with Crippen LogP contribution in [0.5, 0.6) is 0 Å². The lowest BCUT2D eigenvalue weighted by molar-refractivity contribution is 0.404. The summed E-state index contributed by atoms with van der Waals surface area (Å²) in [5.74, 6) is 0.385. The van der Waals surface area contributed by atoms with Crippen LogP contribution in [0.1, 0.15) is 18.4 Å². The van der Waals surface area contributed by atoms with Crippen LogP contribution < -0.4 is 10.0 Å². The number of halogens is 1. The number of rotatable bonds is 4. The highest BCUT2D eigenvalue weighted by atomic mass is 79.9. The molecular weight excluding hydrogens is 328 g/mol. The molecule has 1 unspecified atom stereocenters. The molecule has 19 heavy (non-hydrogen) atoms. The third-order valence-corrected chi connectivity index (χ3v) is 5.34. The van der Waals surface area contributed by atoms with E-state index < -0.39 is 10.0 Å². The SMILES string of the molecule is Cc1ccc(NS(=O)(=O)CC2CCCNC2)c(Br)c1. The van der Waals surface area contributed by atoms with Crippen LogP contribution >= 0.6 is 15.9 Å². The first kappa shape index (κ1) is 14.8. The van der Waals surface area contributed by atoms with Crippen molar-refractivity contribution in [3.63, 3.8) is 0 Å². The van der Waals surface area contributed by atoms with Gasteiger partial charge in [-0.25, -0.2) is 8.42 Å². The number of sulfonamides is 1. The molecule has 0 radical (unpaired) electrons. The first-order chi connectivity index (χ1) is 8.96. The zero-order valence-electron chi connectivity index (χ0n) is 10.9. The zero-order chi connectivity index (χ0) is 13.9. The summed E-state index contributed by atoms with van der Waals surface area (Å²) in [6.45, 7) is 3.75. The number of hydrogen-bond donors (Lipinski definition) is 2. The van der Waals surface area contributed by atoms with Crippen LogP contribution in [0.25, 0.3) is 0 Å². The lowest BCUT2D eigenvalue weighted by atomic mass is 10.0. The van der Waals surface area contributed by atoms with Crippen molar-refractivity contribution in [2.45, 2.75) is 19.8 Å². The smallest absolute Gasteiger partial charge is 0.233 e. The van der Waals surface area contributed by atoms with Crippen molar-refractivity contribution in [1.82, 2.24) is 5.32 Å². The van der Waals surface area contributed by atoms with Gasteiger partial charge in [0.1, 0.15) is 0 Å². The van der Waals surface area contributed by atoms with Crippen LogP contribution in [-0.2, 0) is 10.0 Å². The van der Waals surface area contributed by atoms with Gasteiger partial charge in [0, 0.05) is 4.47 Å². The Morgan fingerprint density at radius 3 is 2.89 bits per heavy atom. The topological polar surface area (TPSA) is 58.2 Å². The van der Waals surface area contributed by atoms with Gasteiger partial charge in [-0.15, -0.1) is 0 Å². The van der Waals surface area contributed by atoms with E-state index in [0.717, 1.165) is 36.0 Å². The number of aryl methyl sites for hydroxylation is 1. The molecule has 1 aromatic carbocycles. The van der Waals surface area contributed by atoms with Gasteiger partial charge in [0.15, 0.2) is 0 Å². The zero-order valence-corrected chi connectivity index (χ0v) is 13.4. The minimum atomic E-state index is -3.29. The van der Waals surface area contributed by atoms with Crippen molar-refractivity contribution in [2.24, 2.45) is 5.92 Å². The Balaban J connectivity index is 2.03. The molecule has 1 heterocycles. The summed E-state index contributed by atoms with van der Waals surface area (Å²) in [5, 5.41) is 3.24. The Bertz CT molecular complexity index is 540. The van der Waals surface area contributed by atoms with E-state index in [4.69, 9.17) is 0 Å². The minimum absolute atomic E-state index is 0.181. The van der Waals surface area contributed by atoms with Gasteiger partial charge in [0.25, 0.3) is 0 Å². The maximum atomic E-state index is 12.1. The van der Waals surface area contributed by atoms with Crippen molar-refractivity contribution in [1.29, 1.82) is 0 Å². The fraction of sp³-hybridized carbons (Fsp3) is 0.538. The second-order valence-corrected chi connectivity index (χ2v) is 7.70. The molecule has 6 heteroatoms. The summed E-state index contributed by atoms with van der Waals surface area (Å²) < 4.78 is 27.7. The Labute approximate surface area is 123 Å². The number of benzene rings is 1. The van der Waals surface area contributed by atoms with E-state index in [2.05, 4.69) is 26.0 Å². The van der Waals surface area contributed by atoms with E-state index in [1.807, 2.05) is 19.1 Å². The van der Waals surface area contributed by atoms with Gasteiger partial charge >= 0.3 is 0 Å². The number of piperidine rings is 1. The van der Waals surface area contributed by atoms with E-state index in [1.165, 1.54) is 0 Å². The minimum Gasteiger partial charge on any atom is -0.316 e. The van der Waals surface area contributed by atoms with Gasteiger partial charge in [-0.2, -0.15) is 0 Å². The van der Waals surface area contributed by atoms with Crippen LogP contribution in [-0.4, -0.2) is 27.3 Å². The average molecular weight is 347 g/mol. The van der Waals surface area contributed by atoms with Gasteiger partial charge in [0.2, 0.25) is 10.0 Å². The van der Waals surface area contributed by atoms with Crippen LogP contribution in [0.15, 0.2) is 22.7 Å². The van der Waals surface area contributed by atoms with E-state index in [0.29, 0.717) is 5.69 Å². The summed E-state index contributed by atoms with van der Waals surface area (Å²) in [5.41, 5.74) is 1.70.